The van der Waals surface area contributed by atoms with E-state index in [1.165, 1.54) is 30.5 Å². The summed E-state index contributed by atoms with van der Waals surface area (Å²) in [4.78, 5) is 22.3. The van der Waals surface area contributed by atoms with Crippen LogP contribution in [0.4, 0.5) is 5.69 Å². The van der Waals surface area contributed by atoms with Gasteiger partial charge in [-0.15, -0.1) is 0 Å². The standard InChI is InChI=1S/C17H22N2O3/c1-13(15-7-9-16(10-8-15)19(21)22)17(20)18-12-11-14-5-3-2-4-6-14/h5,7-10,13H,2-4,6,11-12H2,1H3,(H,18,20)/t13-/m1/s1. The third-order valence-corrected chi connectivity index (χ3v) is 4.13. The van der Waals surface area contributed by atoms with Gasteiger partial charge in [-0.05, 0) is 44.6 Å². The van der Waals surface area contributed by atoms with Crippen molar-refractivity contribution in [3.63, 3.8) is 0 Å². The summed E-state index contributed by atoms with van der Waals surface area (Å²) in [5.74, 6) is -0.341. The molecule has 22 heavy (non-hydrogen) atoms. The van der Waals surface area contributed by atoms with Crippen molar-refractivity contribution in [1.82, 2.24) is 5.32 Å². The Morgan fingerprint density at radius 3 is 2.64 bits per heavy atom. The molecular formula is C17H22N2O3. The lowest BCUT2D eigenvalue weighted by Crippen LogP contribution is -2.29. The lowest BCUT2D eigenvalue weighted by Gasteiger charge is -2.15. The molecule has 118 valence electrons. The number of nitro groups is 1. The van der Waals surface area contributed by atoms with Gasteiger partial charge in [0.1, 0.15) is 0 Å². The second-order valence-corrected chi connectivity index (χ2v) is 5.72. The molecule has 1 N–H and O–H groups in total. The van der Waals surface area contributed by atoms with Crippen molar-refractivity contribution < 1.29 is 9.72 Å². The molecule has 0 saturated carbocycles. The Kier molecular flexibility index (Phi) is 5.69. The minimum atomic E-state index is -0.438. The maximum atomic E-state index is 12.1. The number of benzene rings is 1. The van der Waals surface area contributed by atoms with Crippen LogP contribution in [0, 0.1) is 10.1 Å². The van der Waals surface area contributed by atoms with E-state index >= 15 is 0 Å². The lowest BCUT2D eigenvalue weighted by atomic mass is 9.97. The van der Waals surface area contributed by atoms with Gasteiger partial charge in [-0.25, -0.2) is 0 Å². The predicted molar refractivity (Wildman–Crippen MR) is 85.7 cm³/mol. The summed E-state index contributed by atoms with van der Waals surface area (Å²) in [7, 11) is 0. The highest BCUT2D eigenvalue weighted by Gasteiger charge is 2.16. The van der Waals surface area contributed by atoms with Gasteiger partial charge >= 0.3 is 0 Å². The van der Waals surface area contributed by atoms with Gasteiger partial charge in [0.15, 0.2) is 0 Å². The summed E-state index contributed by atoms with van der Waals surface area (Å²) in [5.41, 5.74) is 2.27. The van der Waals surface area contributed by atoms with E-state index in [0.29, 0.717) is 6.54 Å². The number of allylic oxidation sites excluding steroid dienone is 1. The van der Waals surface area contributed by atoms with E-state index in [1.54, 1.807) is 12.1 Å². The normalized spacial score (nSPS) is 15.8. The van der Waals surface area contributed by atoms with Crippen molar-refractivity contribution >= 4 is 11.6 Å². The highest BCUT2D eigenvalue weighted by molar-refractivity contribution is 5.83. The predicted octanol–water partition coefficient (Wildman–Crippen LogP) is 3.71. The Labute approximate surface area is 130 Å². The summed E-state index contributed by atoms with van der Waals surface area (Å²) in [6, 6.07) is 6.16. The molecule has 1 aromatic rings. The van der Waals surface area contributed by atoms with Crippen LogP contribution in [-0.4, -0.2) is 17.4 Å². The van der Waals surface area contributed by atoms with Crippen LogP contribution in [0.2, 0.25) is 0 Å². The lowest BCUT2D eigenvalue weighted by molar-refractivity contribution is -0.384. The molecule has 1 amide bonds. The van der Waals surface area contributed by atoms with Crippen molar-refractivity contribution in [2.75, 3.05) is 6.54 Å². The molecular weight excluding hydrogens is 280 g/mol. The number of nitrogens with zero attached hydrogens (tertiary/aromatic N) is 1. The number of carbonyl (C=O) groups is 1. The van der Waals surface area contributed by atoms with Crippen molar-refractivity contribution in [1.29, 1.82) is 0 Å². The summed E-state index contributed by atoms with van der Waals surface area (Å²) in [6.45, 7) is 2.47. The number of carbonyl (C=O) groups excluding carboxylic acids is 1. The molecule has 5 nitrogen and oxygen atoms in total. The molecule has 5 heteroatoms. The first kappa shape index (κ1) is 16.2. The van der Waals surface area contributed by atoms with Crippen LogP contribution < -0.4 is 5.32 Å². The number of nitrogens with one attached hydrogen (secondary N) is 1. The fourth-order valence-corrected chi connectivity index (χ4v) is 2.67. The first-order valence-electron chi connectivity index (χ1n) is 7.78. The Morgan fingerprint density at radius 2 is 2.05 bits per heavy atom. The van der Waals surface area contributed by atoms with Crippen molar-refractivity contribution in [3.05, 3.63) is 51.6 Å². The molecule has 0 saturated heterocycles. The smallest absolute Gasteiger partial charge is 0.269 e. The highest BCUT2D eigenvalue weighted by Crippen LogP contribution is 2.21. The van der Waals surface area contributed by atoms with E-state index in [2.05, 4.69) is 11.4 Å². The number of hydrogen-bond donors (Lipinski definition) is 1. The van der Waals surface area contributed by atoms with E-state index in [4.69, 9.17) is 0 Å². The average molecular weight is 302 g/mol. The zero-order valence-electron chi connectivity index (χ0n) is 12.9. The largest absolute Gasteiger partial charge is 0.355 e. The third-order valence-electron chi connectivity index (χ3n) is 4.13. The Morgan fingerprint density at radius 1 is 1.32 bits per heavy atom. The molecule has 2 rings (SSSR count). The van der Waals surface area contributed by atoms with Gasteiger partial charge in [0.25, 0.3) is 5.69 Å². The molecule has 0 fully saturated rings. The summed E-state index contributed by atoms with van der Waals surface area (Å²) in [6.07, 6.45) is 8.02. The van der Waals surface area contributed by atoms with Gasteiger partial charge in [-0.1, -0.05) is 23.8 Å². The molecule has 1 aromatic carbocycles. The van der Waals surface area contributed by atoms with Crippen LogP contribution in [0.3, 0.4) is 0 Å². The van der Waals surface area contributed by atoms with Crippen LogP contribution in [0.5, 0.6) is 0 Å². The second-order valence-electron chi connectivity index (χ2n) is 5.72. The zero-order chi connectivity index (χ0) is 15.9. The fourth-order valence-electron chi connectivity index (χ4n) is 2.67. The molecule has 0 unspecified atom stereocenters. The van der Waals surface area contributed by atoms with Gasteiger partial charge in [-0.3, -0.25) is 14.9 Å². The van der Waals surface area contributed by atoms with E-state index in [1.807, 2.05) is 6.92 Å². The van der Waals surface area contributed by atoms with E-state index in [-0.39, 0.29) is 17.5 Å². The number of hydrogen-bond acceptors (Lipinski definition) is 3. The minimum absolute atomic E-state index is 0.0368. The van der Waals surface area contributed by atoms with Crippen LogP contribution in [0.15, 0.2) is 35.9 Å². The zero-order valence-corrected chi connectivity index (χ0v) is 12.9. The molecule has 1 atom stereocenters. The monoisotopic (exact) mass is 302 g/mol. The van der Waals surface area contributed by atoms with Gasteiger partial charge in [-0.2, -0.15) is 0 Å². The van der Waals surface area contributed by atoms with Crippen LogP contribution >= 0.6 is 0 Å². The van der Waals surface area contributed by atoms with Crippen LogP contribution in [0.25, 0.3) is 0 Å². The maximum absolute atomic E-state index is 12.1. The second kappa shape index (κ2) is 7.73. The number of nitro benzene ring substituents is 1. The van der Waals surface area contributed by atoms with Gasteiger partial charge in [0.05, 0.1) is 10.8 Å². The first-order chi connectivity index (χ1) is 10.6. The summed E-state index contributed by atoms with van der Waals surface area (Å²) in [5, 5.41) is 13.6. The molecule has 1 aliphatic rings. The summed E-state index contributed by atoms with van der Waals surface area (Å²) >= 11 is 0. The maximum Gasteiger partial charge on any atom is 0.269 e. The molecule has 0 radical (unpaired) electrons. The molecule has 1 aliphatic carbocycles. The molecule has 0 aromatic heterocycles. The molecule has 0 spiro atoms. The SMILES string of the molecule is C[C@@H](C(=O)NCCC1=CCCCC1)c1ccc([N+](=O)[O-])cc1. The number of rotatable bonds is 6. The van der Waals surface area contributed by atoms with Crippen LogP contribution in [-0.2, 0) is 4.79 Å². The van der Waals surface area contributed by atoms with Crippen LogP contribution in [0.1, 0.15) is 50.5 Å². The van der Waals surface area contributed by atoms with Crippen molar-refractivity contribution in [2.45, 2.75) is 44.9 Å². The van der Waals surface area contributed by atoms with E-state index in [0.717, 1.165) is 24.8 Å². The van der Waals surface area contributed by atoms with E-state index < -0.39 is 4.92 Å². The first-order valence-corrected chi connectivity index (χ1v) is 7.78. The number of amides is 1. The Balaban J connectivity index is 1.83. The molecule has 0 heterocycles. The summed E-state index contributed by atoms with van der Waals surface area (Å²) < 4.78 is 0. The average Bonchev–Trinajstić information content (AvgIpc) is 2.55. The minimum Gasteiger partial charge on any atom is -0.355 e. The fraction of sp³-hybridized carbons (Fsp3) is 0.471. The van der Waals surface area contributed by atoms with Crippen molar-refractivity contribution in [2.24, 2.45) is 0 Å². The highest BCUT2D eigenvalue weighted by atomic mass is 16.6. The van der Waals surface area contributed by atoms with Gasteiger partial charge in [0, 0.05) is 18.7 Å². The van der Waals surface area contributed by atoms with E-state index in [9.17, 15) is 14.9 Å². The van der Waals surface area contributed by atoms with Gasteiger partial charge < -0.3 is 5.32 Å². The Hall–Kier alpha value is -2.17. The quantitative estimate of drug-likeness (QED) is 0.494. The topological polar surface area (TPSA) is 72.2 Å². The van der Waals surface area contributed by atoms with Gasteiger partial charge in [0.2, 0.25) is 5.91 Å². The van der Waals surface area contributed by atoms with Crippen molar-refractivity contribution in [3.8, 4) is 0 Å². The third kappa shape index (κ3) is 4.41. The number of non-ortho nitro benzene ring substituents is 1. The molecule has 0 bridgehead atoms. The Bertz CT molecular complexity index is 564. The molecule has 0 aliphatic heterocycles.